The van der Waals surface area contributed by atoms with Crippen LogP contribution in [0, 0.1) is 0 Å². The molecule has 2 atom stereocenters. The number of thiazole rings is 1. The molecule has 1 aromatic heterocycles. The zero-order chi connectivity index (χ0) is 22.0. The third kappa shape index (κ3) is 4.02. The standard InChI is InChI=1S/C15H15N5O8S2/c1-27-19-7(6-4-30-14(16)17-6)10(21)18-8-11(22)20-9(13(23)24)5(2-28-15(25)26)3-29-12(8)20/h4,8,12H,2-3H2,1H3,(H2,16,17)(H,18,21)(H,23,24)(H,25,26). The number of hydrogen-bond acceptors (Lipinski definition) is 11. The molecule has 0 aliphatic carbocycles. The maximum atomic E-state index is 12.6. The molecule has 30 heavy (non-hydrogen) atoms. The second-order valence-electron chi connectivity index (χ2n) is 5.87. The van der Waals surface area contributed by atoms with Crippen molar-refractivity contribution in [1.82, 2.24) is 15.2 Å². The number of carbonyl (C=O) groups excluding carboxylic acids is 2. The number of carboxylic acids is 1. The van der Waals surface area contributed by atoms with Crippen LogP contribution < -0.4 is 11.1 Å². The van der Waals surface area contributed by atoms with Crippen LogP contribution in [0.25, 0.3) is 0 Å². The number of anilines is 1. The SMILES string of the molecule is CON=C(C(=O)NC1C(=O)N2C(C(=O)O)=C(COC(=O)O)CSC12)c1csc(N)n1. The summed E-state index contributed by atoms with van der Waals surface area (Å²) in [7, 11) is 1.24. The molecular weight excluding hydrogens is 442 g/mol. The van der Waals surface area contributed by atoms with Gasteiger partial charge in [-0.2, -0.15) is 0 Å². The summed E-state index contributed by atoms with van der Waals surface area (Å²) >= 11 is 2.25. The van der Waals surface area contributed by atoms with Crippen LogP contribution in [-0.4, -0.2) is 80.6 Å². The molecule has 0 aromatic carbocycles. The Kier molecular flexibility index (Phi) is 6.12. The Hall–Kier alpha value is -3.33. The molecule has 5 N–H and O–H groups in total. The van der Waals surface area contributed by atoms with E-state index in [0.29, 0.717) is 0 Å². The van der Waals surface area contributed by atoms with Crippen molar-refractivity contribution in [1.29, 1.82) is 0 Å². The lowest BCUT2D eigenvalue weighted by Gasteiger charge is -2.49. The van der Waals surface area contributed by atoms with E-state index in [4.69, 9.17) is 10.8 Å². The number of nitrogen functional groups attached to an aromatic ring is 1. The highest BCUT2D eigenvalue weighted by Gasteiger charge is 2.54. The zero-order valence-electron chi connectivity index (χ0n) is 15.2. The summed E-state index contributed by atoms with van der Waals surface area (Å²) in [6.07, 6.45) is -1.56. The topological polar surface area (TPSA) is 194 Å². The molecule has 160 valence electrons. The van der Waals surface area contributed by atoms with Crippen molar-refractivity contribution < 1.29 is 39.0 Å². The van der Waals surface area contributed by atoms with E-state index in [1.807, 2.05) is 0 Å². The second-order valence-corrected chi connectivity index (χ2v) is 7.86. The molecule has 0 bridgehead atoms. The number of β-lactam (4-membered cyclic amide) rings is 1. The largest absolute Gasteiger partial charge is 0.506 e. The normalized spacial score (nSPS) is 20.9. The quantitative estimate of drug-likeness (QED) is 0.179. The molecule has 0 saturated carbocycles. The number of oxime groups is 1. The molecule has 0 radical (unpaired) electrons. The zero-order valence-corrected chi connectivity index (χ0v) is 16.9. The molecule has 1 aromatic rings. The van der Waals surface area contributed by atoms with E-state index in [1.165, 1.54) is 12.5 Å². The highest BCUT2D eigenvalue weighted by atomic mass is 32.2. The summed E-state index contributed by atoms with van der Waals surface area (Å²) in [6, 6.07) is -1.02. The number of ether oxygens (including phenoxy) is 1. The summed E-state index contributed by atoms with van der Waals surface area (Å²) in [4.78, 5) is 57.1. The molecule has 15 heteroatoms. The number of rotatable bonds is 7. The number of aromatic nitrogens is 1. The van der Waals surface area contributed by atoms with Gasteiger partial charge in [0.25, 0.3) is 11.8 Å². The van der Waals surface area contributed by atoms with Gasteiger partial charge in [0.2, 0.25) is 0 Å². The van der Waals surface area contributed by atoms with Gasteiger partial charge >= 0.3 is 12.1 Å². The van der Waals surface area contributed by atoms with Crippen LogP contribution in [0.5, 0.6) is 0 Å². The number of hydrogen-bond donors (Lipinski definition) is 4. The number of nitrogens with zero attached hydrogens (tertiary/aromatic N) is 3. The number of amides is 2. The van der Waals surface area contributed by atoms with Crippen LogP contribution in [0.15, 0.2) is 21.8 Å². The van der Waals surface area contributed by atoms with Crippen molar-refractivity contribution in [3.05, 3.63) is 22.3 Å². The predicted octanol–water partition coefficient (Wildman–Crippen LogP) is -0.491. The van der Waals surface area contributed by atoms with Gasteiger partial charge in [-0.05, 0) is 0 Å². The van der Waals surface area contributed by atoms with Crippen LogP contribution in [0.2, 0.25) is 0 Å². The summed E-state index contributed by atoms with van der Waals surface area (Å²) in [6.45, 7) is -0.479. The van der Waals surface area contributed by atoms with E-state index < -0.39 is 42.0 Å². The van der Waals surface area contributed by atoms with Crippen LogP contribution in [0.1, 0.15) is 5.69 Å². The first-order valence-electron chi connectivity index (χ1n) is 8.13. The summed E-state index contributed by atoms with van der Waals surface area (Å²) in [5.74, 6) is -2.71. The molecule has 13 nitrogen and oxygen atoms in total. The van der Waals surface area contributed by atoms with E-state index in [9.17, 15) is 24.3 Å². The number of thioether (sulfide) groups is 1. The van der Waals surface area contributed by atoms with E-state index in [2.05, 4.69) is 25.0 Å². The predicted molar refractivity (Wildman–Crippen MR) is 104 cm³/mol. The minimum Gasteiger partial charge on any atom is -0.477 e. The molecular formula is C15H15N5O8S2. The number of aliphatic carboxylic acids is 1. The Morgan fingerprint density at radius 1 is 1.43 bits per heavy atom. The average molecular weight is 457 g/mol. The maximum Gasteiger partial charge on any atom is 0.506 e. The number of nitrogens with one attached hydrogen (secondary N) is 1. The molecule has 2 aliphatic heterocycles. The third-order valence-electron chi connectivity index (χ3n) is 4.07. The van der Waals surface area contributed by atoms with Gasteiger partial charge in [0.1, 0.15) is 36.5 Å². The van der Waals surface area contributed by atoms with Crippen molar-refractivity contribution in [2.24, 2.45) is 5.16 Å². The van der Waals surface area contributed by atoms with Crippen LogP contribution in [0.3, 0.4) is 0 Å². The maximum absolute atomic E-state index is 12.6. The summed E-state index contributed by atoms with van der Waals surface area (Å²) in [5, 5.41) is 25.3. The van der Waals surface area contributed by atoms with Crippen molar-refractivity contribution in [3.63, 3.8) is 0 Å². The van der Waals surface area contributed by atoms with Crippen LogP contribution in [-0.2, 0) is 24.0 Å². The summed E-state index contributed by atoms with van der Waals surface area (Å²) < 4.78 is 4.43. The molecule has 1 fully saturated rings. The van der Waals surface area contributed by atoms with Gasteiger partial charge in [0.05, 0.1) is 0 Å². The van der Waals surface area contributed by atoms with Gasteiger partial charge in [0, 0.05) is 16.7 Å². The van der Waals surface area contributed by atoms with Crippen molar-refractivity contribution >= 4 is 57.9 Å². The Morgan fingerprint density at radius 2 is 2.17 bits per heavy atom. The molecule has 2 aliphatic rings. The van der Waals surface area contributed by atoms with Gasteiger partial charge in [-0.15, -0.1) is 23.1 Å². The van der Waals surface area contributed by atoms with Crippen molar-refractivity contribution in [2.75, 3.05) is 25.2 Å². The Morgan fingerprint density at radius 3 is 2.73 bits per heavy atom. The lowest BCUT2D eigenvalue weighted by molar-refractivity contribution is -0.150. The van der Waals surface area contributed by atoms with Crippen LogP contribution in [0.4, 0.5) is 9.93 Å². The van der Waals surface area contributed by atoms with E-state index in [-0.39, 0.29) is 33.6 Å². The minimum absolute atomic E-state index is 0.108. The van der Waals surface area contributed by atoms with Gasteiger partial charge in [-0.25, -0.2) is 14.6 Å². The smallest absolute Gasteiger partial charge is 0.477 e. The first-order chi connectivity index (χ1) is 14.2. The lowest BCUT2D eigenvalue weighted by atomic mass is 10.0. The van der Waals surface area contributed by atoms with Gasteiger partial charge in [-0.3, -0.25) is 14.5 Å². The average Bonchev–Trinajstić information content (AvgIpc) is 3.13. The first kappa shape index (κ1) is 21.4. The second kappa shape index (κ2) is 8.58. The fourth-order valence-electron chi connectivity index (χ4n) is 2.84. The molecule has 1 saturated heterocycles. The van der Waals surface area contributed by atoms with Gasteiger partial charge < -0.3 is 30.8 Å². The Bertz CT molecular complexity index is 974. The summed E-state index contributed by atoms with van der Waals surface area (Å²) in [5.41, 5.74) is 5.33. The number of carbonyl (C=O) groups is 4. The third-order valence-corrected chi connectivity index (χ3v) is 6.08. The minimum atomic E-state index is -1.56. The fourth-order valence-corrected chi connectivity index (χ4v) is 4.72. The first-order valence-corrected chi connectivity index (χ1v) is 10.1. The highest BCUT2D eigenvalue weighted by molar-refractivity contribution is 8.00. The Labute approximate surface area is 176 Å². The molecule has 2 amide bonds. The fraction of sp³-hybridized carbons (Fsp3) is 0.333. The number of carboxylic acid groups (broad SMARTS) is 2. The molecule has 3 rings (SSSR count). The molecule has 3 heterocycles. The number of fused-ring (bicyclic) bond motifs is 1. The van der Waals surface area contributed by atoms with E-state index >= 15 is 0 Å². The number of nitrogens with two attached hydrogens (primary N) is 1. The Balaban J connectivity index is 1.77. The lowest BCUT2D eigenvalue weighted by Crippen LogP contribution is -2.71. The highest BCUT2D eigenvalue weighted by Crippen LogP contribution is 2.40. The molecule has 2 unspecified atom stereocenters. The van der Waals surface area contributed by atoms with Crippen molar-refractivity contribution in [3.8, 4) is 0 Å². The van der Waals surface area contributed by atoms with Crippen molar-refractivity contribution in [2.45, 2.75) is 11.4 Å². The van der Waals surface area contributed by atoms with E-state index in [1.54, 1.807) is 0 Å². The van der Waals surface area contributed by atoms with E-state index in [0.717, 1.165) is 28.0 Å². The molecule has 0 spiro atoms. The van der Waals surface area contributed by atoms with Gasteiger partial charge in [0.15, 0.2) is 10.8 Å². The van der Waals surface area contributed by atoms with Crippen LogP contribution >= 0.6 is 23.1 Å². The van der Waals surface area contributed by atoms with Gasteiger partial charge in [-0.1, -0.05) is 5.16 Å². The monoisotopic (exact) mass is 457 g/mol.